The van der Waals surface area contributed by atoms with E-state index in [4.69, 9.17) is 11.2 Å². The molecule has 2 bridgehead atoms. The molecule has 4 aromatic rings. The Morgan fingerprint density at radius 2 is 1.83 bits per heavy atom. The number of carbonyl (C=O) groups is 1. The molecule has 248 valence electrons. The van der Waals surface area contributed by atoms with E-state index in [-0.39, 0.29) is 75.9 Å². The van der Waals surface area contributed by atoms with Gasteiger partial charge in [-0.3, -0.25) is 14.7 Å². The summed E-state index contributed by atoms with van der Waals surface area (Å²) in [5, 5.41) is 11.2. The number of hydrogen-bond acceptors (Lipinski definition) is 8. The van der Waals surface area contributed by atoms with Crippen LogP contribution in [0.25, 0.3) is 32.9 Å². The van der Waals surface area contributed by atoms with Crippen molar-refractivity contribution in [1.82, 2.24) is 24.8 Å². The number of anilines is 1. The van der Waals surface area contributed by atoms with Gasteiger partial charge in [0.25, 0.3) is 0 Å². The molecule has 5 aliphatic heterocycles. The van der Waals surface area contributed by atoms with E-state index in [2.05, 4.69) is 25.8 Å². The van der Waals surface area contributed by atoms with E-state index in [1.807, 2.05) is 0 Å². The summed E-state index contributed by atoms with van der Waals surface area (Å²) >= 11 is 0. The number of hydrogen-bond donors (Lipinski definition) is 1. The van der Waals surface area contributed by atoms with Crippen LogP contribution in [0, 0.1) is 24.0 Å². The van der Waals surface area contributed by atoms with E-state index in [9.17, 15) is 27.5 Å². The maximum Gasteiger partial charge on any atom is 0.471 e. The Bertz CT molecular complexity index is 2030. The number of phenolic OH excluding ortho intramolecular Hbond substituents is 1. The lowest BCUT2D eigenvalue weighted by Gasteiger charge is -2.56. The van der Waals surface area contributed by atoms with Gasteiger partial charge >= 0.3 is 18.1 Å². The number of nitrogens with zero attached hydrogens (tertiary/aromatic N) is 6. The third-order valence-corrected chi connectivity index (χ3v) is 10.3. The lowest BCUT2D eigenvalue weighted by molar-refractivity contribution is -0.199. The number of piperidine rings is 1. The minimum absolute atomic E-state index is 0.0347. The molecule has 14 heteroatoms. The Balaban J connectivity index is 1.24. The maximum absolute atomic E-state index is 16.8. The molecule has 0 spiro atoms. The van der Waals surface area contributed by atoms with Gasteiger partial charge in [0.2, 0.25) is 0 Å². The summed E-state index contributed by atoms with van der Waals surface area (Å²) in [5.41, 5.74) is -0.683. The van der Waals surface area contributed by atoms with Crippen LogP contribution in [0.15, 0.2) is 30.5 Å². The zero-order valence-electron chi connectivity index (χ0n) is 25.5. The van der Waals surface area contributed by atoms with Crippen molar-refractivity contribution >= 4 is 33.4 Å². The molecular weight excluding hydrogens is 635 g/mol. The number of aromatic nitrogens is 3. The van der Waals surface area contributed by atoms with Gasteiger partial charge in [-0.05, 0) is 68.8 Å². The second kappa shape index (κ2) is 10.9. The molecule has 0 radical (unpaired) electrons. The molecule has 0 saturated carbocycles. The number of piperazine rings is 1. The highest BCUT2D eigenvalue weighted by Crippen LogP contribution is 2.43. The summed E-state index contributed by atoms with van der Waals surface area (Å²) in [6.07, 6.45) is 6.32. The van der Waals surface area contributed by atoms with Crippen molar-refractivity contribution in [3.63, 3.8) is 0 Å². The molecule has 1 N–H and O–H groups in total. The number of amides is 1. The summed E-state index contributed by atoms with van der Waals surface area (Å²) in [4.78, 5) is 30.5. The van der Waals surface area contributed by atoms with Gasteiger partial charge in [0, 0.05) is 30.2 Å². The maximum atomic E-state index is 16.8. The number of phenols is 1. The van der Waals surface area contributed by atoms with E-state index >= 15 is 4.39 Å². The van der Waals surface area contributed by atoms with E-state index in [1.54, 1.807) is 4.90 Å². The Kier molecular flexibility index (Phi) is 6.93. The molecule has 48 heavy (non-hydrogen) atoms. The Morgan fingerprint density at radius 1 is 1.10 bits per heavy atom. The van der Waals surface area contributed by atoms with Gasteiger partial charge in [-0.2, -0.15) is 23.1 Å². The standard InChI is InChI=1S/C34H29F5N6O3/c1-2-22-25(35)6-5-18-11-21(46)13-23(26(18)22)28-27(36)29-24(14-40-28)30(43-15-19-12-20(16-43)45(19)31(47)34(37,38)39)42-32(41-29)48-17-33-7-3-9-44(33)10-4-8-33/h1,5-6,11,13-14,19-20,46H,3-4,7-10,12,15-17H2. The normalized spacial score (nSPS) is 21.8. The molecule has 2 atom stereocenters. The largest absolute Gasteiger partial charge is 0.508 e. The van der Waals surface area contributed by atoms with Crippen molar-refractivity contribution in [2.75, 3.05) is 37.7 Å². The van der Waals surface area contributed by atoms with Crippen molar-refractivity contribution in [2.45, 2.75) is 55.9 Å². The average Bonchev–Trinajstić information content (AvgIpc) is 3.64. The van der Waals surface area contributed by atoms with Crippen LogP contribution in [-0.4, -0.2) is 92.4 Å². The number of halogens is 5. The molecule has 9 nitrogen and oxygen atoms in total. The van der Waals surface area contributed by atoms with Gasteiger partial charge in [0.15, 0.2) is 5.82 Å². The Labute approximate surface area is 271 Å². The van der Waals surface area contributed by atoms with E-state index < -0.39 is 35.8 Å². The fraction of sp³-hybridized carbons (Fsp3) is 0.412. The van der Waals surface area contributed by atoms with Gasteiger partial charge in [0.05, 0.1) is 28.6 Å². The molecule has 2 unspecified atom stereocenters. The summed E-state index contributed by atoms with van der Waals surface area (Å²) in [6.45, 7) is 2.26. The van der Waals surface area contributed by atoms with E-state index in [1.165, 1.54) is 24.4 Å². The number of alkyl halides is 3. The number of rotatable bonds is 5. The van der Waals surface area contributed by atoms with Crippen LogP contribution in [0.1, 0.15) is 37.7 Å². The lowest BCUT2D eigenvalue weighted by atomic mass is 9.87. The van der Waals surface area contributed by atoms with Gasteiger partial charge < -0.3 is 19.6 Å². The molecule has 1 amide bonds. The van der Waals surface area contributed by atoms with Crippen molar-refractivity contribution in [2.24, 2.45) is 0 Å². The first-order valence-corrected chi connectivity index (χ1v) is 15.8. The number of carbonyl (C=O) groups excluding carboxylic acids is 1. The number of fused-ring (bicyclic) bond motifs is 5. The Morgan fingerprint density at radius 3 is 2.52 bits per heavy atom. The average molecular weight is 665 g/mol. The third kappa shape index (κ3) is 4.69. The quantitative estimate of drug-likeness (QED) is 0.231. The number of terminal acetylenes is 1. The SMILES string of the molecule is C#Cc1c(F)ccc2cc(O)cc(-c3ncc4c(N5CC6CC(C5)N6C(=O)C(F)(F)F)nc(OCC56CCCN5CCC6)nc4c3F)c12. The number of ether oxygens (including phenoxy) is 1. The first-order valence-electron chi connectivity index (χ1n) is 15.8. The van der Waals surface area contributed by atoms with Crippen LogP contribution in [0.5, 0.6) is 11.8 Å². The second-order valence-corrected chi connectivity index (χ2v) is 13.0. The van der Waals surface area contributed by atoms with Crippen LogP contribution >= 0.6 is 0 Å². The van der Waals surface area contributed by atoms with Crippen LogP contribution in [0.2, 0.25) is 0 Å². The lowest BCUT2D eigenvalue weighted by Crippen LogP contribution is -2.72. The highest BCUT2D eigenvalue weighted by atomic mass is 19.4. The van der Waals surface area contributed by atoms with Crippen molar-refractivity contribution in [1.29, 1.82) is 0 Å². The van der Waals surface area contributed by atoms with Gasteiger partial charge in [-0.25, -0.2) is 8.78 Å². The minimum Gasteiger partial charge on any atom is -0.508 e. The predicted molar refractivity (Wildman–Crippen MR) is 165 cm³/mol. The molecule has 5 aliphatic rings. The van der Waals surface area contributed by atoms with Crippen LogP contribution in [0.3, 0.4) is 0 Å². The third-order valence-electron chi connectivity index (χ3n) is 10.3. The fourth-order valence-corrected chi connectivity index (χ4v) is 8.19. The molecular formula is C34H29F5N6O3. The molecule has 2 aromatic carbocycles. The monoisotopic (exact) mass is 664 g/mol. The topological polar surface area (TPSA) is 94.9 Å². The minimum atomic E-state index is -4.99. The van der Waals surface area contributed by atoms with Crippen LogP contribution in [-0.2, 0) is 4.79 Å². The highest BCUT2D eigenvalue weighted by Gasteiger charge is 2.55. The van der Waals surface area contributed by atoms with E-state index in [0.29, 0.717) is 11.8 Å². The zero-order valence-corrected chi connectivity index (χ0v) is 25.5. The summed E-state index contributed by atoms with van der Waals surface area (Å²) in [5.74, 6) is -1.18. The molecule has 5 fully saturated rings. The zero-order chi connectivity index (χ0) is 33.5. The smallest absolute Gasteiger partial charge is 0.471 e. The van der Waals surface area contributed by atoms with Crippen LogP contribution in [0.4, 0.5) is 27.8 Å². The first-order chi connectivity index (χ1) is 23.0. The highest BCUT2D eigenvalue weighted by molar-refractivity contribution is 6.03. The summed E-state index contributed by atoms with van der Waals surface area (Å²) in [6, 6.07) is 3.69. The molecule has 2 aromatic heterocycles. The second-order valence-electron chi connectivity index (χ2n) is 13.0. The predicted octanol–water partition coefficient (Wildman–Crippen LogP) is 5.17. The Hall–Kier alpha value is -4.77. The van der Waals surface area contributed by atoms with Crippen molar-refractivity contribution in [3.8, 4) is 35.4 Å². The number of pyridine rings is 1. The van der Waals surface area contributed by atoms with Crippen LogP contribution < -0.4 is 9.64 Å². The van der Waals surface area contributed by atoms with Crippen molar-refractivity contribution < 1.29 is 36.6 Å². The van der Waals surface area contributed by atoms with E-state index in [0.717, 1.165) is 49.7 Å². The summed E-state index contributed by atoms with van der Waals surface area (Å²) in [7, 11) is 0. The van der Waals surface area contributed by atoms with Crippen molar-refractivity contribution in [3.05, 3.63) is 47.7 Å². The van der Waals surface area contributed by atoms with Gasteiger partial charge in [0.1, 0.15) is 35.2 Å². The molecule has 5 saturated heterocycles. The van der Waals surface area contributed by atoms with Gasteiger partial charge in [-0.1, -0.05) is 12.0 Å². The number of benzene rings is 2. The van der Waals surface area contributed by atoms with Gasteiger partial charge in [-0.15, -0.1) is 6.42 Å². The molecule has 7 heterocycles. The molecule has 0 aliphatic carbocycles. The number of aromatic hydroxyl groups is 1. The molecule has 9 rings (SSSR count). The first kappa shape index (κ1) is 30.6. The fourth-order valence-electron chi connectivity index (χ4n) is 8.19. The summed E-state index contributed by atoms with van der Waals surface area (Å²) < 4.78 is 77.7.